The molecule has 0 spiro atoms. The van der Waals surface area contributed by atoms with Crippen molar-refractivity contribution in [2.75, 3.05) is 6.61 Å². The van der Waals surface area contributed by atoms with Crippen molar-refractivity contribution in [2.45, 2.75) is 37.1 Å². The lowest BCUT2D eigenvalue weighted by Gasteiger charge is -2.38. The van der Waals surface area contributed by atoms with Crippen molar-refractivity contribution < 1.29 is 14.6 Å². The van der Waals surface area contributed by atoms with E-state index in [-0.39, 0.29) is 18.2 Å². The van der Waals surface area contributed by atoms with E-state index in [4.69, 9.17) is 9.47 Å². The van der Waals surface area contributed by atoms with Gasteiger partial charge in [-0.15, -0.1) is 11.3 Å². The molecule has 0 aromatic carbocycles. The summed E-state index contributed by atoms with van der Waals surface area (Å²) in [5, 5.41) is 20.2. The van der Waals surface area contributed by atoms with E-state index < -0.39 is 12.4 Å². The van der Waals surface area contributed by atoms with Crippen LogP contribution in [-0.4, -0.2) is 51.0 Å². The largest absolute Gasteiger partial charge is 0.389 e. The quantitative estimate of drug-likeness (QED) is 0.837. The molecule has 2 aliphatic heterocycles. The summed E-state index contributed by atoms with van der Waals surface area (Å²) >= 11 is 1.69. The standard InChI is InChI=1S/C13H16N4O3S/c18-12-10(15-4-8-2-1-3-21-8)9-5-19-13(20-9)11(12)17-7-14-6-16-17/h1-3,6-7,9-13,15,18H,4-5H2/t9-,10-,11-,12+,13-/m1/s1. The topological polar surface area (TPSA) is 81.4 Å². The van der Waals surface area contributed by atoms with Crippen molar-refractivity contribution in [3.63, 3.8) is 0 Å². The summed E-state index contributed by atoms with van der Waals surface area (Å²) in [6.45, 7) is 1.18. The average molecular weight is 308 g/mol. The van der Waals surface area contributed by atoms with Crippen LogP contribution in [0.2, 0.25) is 0 Å². The second kappa shape index (κ2) is 5.47. The Hall–Kier alpha value is -1.32. The molecule has 0 aliphatic carbocycles. The van der Waals surface area contributed by atoms with Gasteiger partial charge in [0, 0.05) is 11.4 Å². The Labute approximate surface area is 125 Å². The van der Waals surface area contributed by atoms with E-state index in [2.05, 4.69) is 21.5 Å². The van der Waals surface area contributed by atoms with Gasteiger partial charge in [-0.1, -0.05) is 6.07 Å². The third-order valence-electron chi connectivity index (χ3n) is 3.97. The minimum absolute atomic E-state index is 0.135. The molecule has 2 aliphatic rings. The smallest absolute Gasteiger partial charge is 0.183 e. The number of thiophene rings is 1. The molecule has 5 atom stereocenters. The number of aliphatic hydroxyl groups excluding tert-OH is 1. The van der Waals surface area contributed by atoms with Gasteiger partial charge in [-0.2, -0.15) is 5.10 Å². The fraction of sp³-hybridized carbons (Fsp3) is 0.538. The maximum absolute atomic E-state index is 10.7. The maximum Gasteiger partial charge on any atom is 0.183 e. The minimum atomic E-state index is -0.641. The van der Waals surface area contributed by atoms with Gasteiger partial charge in [0.2, 0.25) is 0 Å². The van der Waals surface area contributed by atoms with Crippen molar-refractivity contribution in [3.05, 3.63) is 35.0 Å². The summed E-state index contributed by atoms with van der Waals surface area (Å²) in [5.41, 5.74) is 0. The number of ether oxygens (including phenoxy) is 2. The van der Waals surface area contributed by atoms with E-state index in [1.54, 1.807) is 22.3 Å². The molecule has 0 saturated carbocycles. The minimum Gasteiger partial charge on any atom is -0.389 e. The molecular formula is C13H16N4O3S. The number of nitrogens with zero attached hydrogens (tertiary/aromatic N) is 3. The van der Waals surface area contributed by atoms with Gasteiger partial charge >= 0.3 is 0 Å². The van der Waals surface area contributed by atoms with Crippen LogP contribution >= 0.6 is 11.3 Å². The first-order chi connectivity index (χ1) is 10.3. The van der Waals surface area contributed by atoms with Gasteiger partial charge in [-0.3, -0.25) is 0 Å². The van der Waals surface area contributed by atoms with Crippen LogP contribution in [0.3, 0.4) is 0 Å². The lowest BCUT2D eigenvalue weighted by atomic mass is 9.96. The molecule has 4 heterocycles. The van der Waals surface area contributed by atoms with Gasteiger partial charge < -0.3 is 19.9 Å². The van der Waals surface area contributed by atoms with Gasteiger partial charge in [0.1, 0.15) is 24.8 Å². The highest BCUT2D eigenvalue weighted by atomic mass is 32.1. The number of aromatic nitrogens is 3. The van der Waals surface area contributed by atoms with Crippen LogP contribution in [0.25, 0.3) is 0 Å². The van der Waals surface area contributed by atoms with E-state index in [9.17, 15) is 5.11 Å². The third kappa shape index (κ3) is 2.39. The van der Waals surface area contributed by atoms with E-state index in [0.717, 1.165) is 0 Å². The Balaban J connectivity index is 1.53. The molecule has 2 bridgehead atoms. The van der Waals surface area contributed by atoms with Crippen molar-refractivity contribution in [1.82, 2.24) is 20.1 Å². The molecule has 2 aromatic rings. The molecule has 112 valence electrons. The van der Waals surface area contributed by atoms with E-state index >= 15 is 0 Å². The van der Waals surface area contributed by atoms with Crippen molar-refractivity contribution in [2.24, 2.45) is 0 Å². The molecule has 2 saturated heterocycles. The molecule has 2 aromatic heterocycles. The number of fused-ring (bicyclic) bond motifs is 2. The Kier molecular flexibility index (Phi) is 3.48. The predicted molar refractivity (Wildman–Crippen MR) is 74.6 cm³/mol. The molecule has 2 fully saturated rings. The molecule has 8 heteroatoms. The highest BCUT2D eigenvalue weighted by Crippen LogP contribution is 2.35. The molecule has 0 unspecified atom stereocenters. The summed E-state index contributed by atoms with van der Waals surface area (Å²) in [4.78, 5) is 5.16. The van der Waals surface area contributed by atoms with Crippen LogP contribution in [-0.2, 0) is 16.0 Å². The van der Waals surface area contributed by atoms with Gasteiger partial charge in [0.25, 0.3) is 0 Å². The lowest BCUT2D eigenvalue weighted by Crippen LogP contribution is -2.57. The fourth-order valence-corrected chi connectivity index (χ4v) is 3.59. The normalized spacial score (nSPS) is 35.2. The summed E-state index contributed by atoms with van der Waals surface area (Å²) in [6.07, 6.45) is 1.78. The third-order valence-corrected chi connectivity index (χ3v) is 4.84. The summed E-state index contributed by atoms with van der Waals surface area (Å²) in [7, 11) is 0. The van der Waals surface area contributed by atoms with Crippen LogP contribution in [0.4, 0.5) is 0 Å². The maximum atomic E-state index is 10.7. The van der Waals surface area contributed by atoms with E-state index in [0.29, 0.717) is 13.2 Å². The second-order valence-electron chi connectivity index (χ2n) is 5.22. The first kappa shape index (κ1) is 13.4. The molecule has 0 amide bonds. The molecule has 2 N–H and O–H groups in total. The molecule has 7 nitrogen and oxygen atoms in total. The van der Waals surface area contributed by atoms with Crippen molar-refractivity contribution in [1.29, 1.82) is 0 Å². The molecule has 0 radical (unpaired) electrons. The zero-order valence-corrected chi connectivity index (χ0v) is 12.0. The van der Waals surface area contributed by atoms with Crippen LogP contribution in [0.15, 0.2) is 30.2 Å². The van der Waals surface area contributed by atoms with Crippen LogP contribution in [0, 0.1) is 0 Å². The Bertz CT molecular complexity index is 576. The van der Waals surface area contributed by atoms with Gasteiger partial charge in [-0.25, -0.2) is 9.67 Å². The van der Waals surface area contributed by atoms with E-state index in [1.165, 1.54) is 11.2 Å². The molecule has 4 rings (SSSR count). The van der Waals surface area contributed by atoms with Crippen LogP contribution in [0.5, 0.6) is 0 Å². The Morgan fingerprint density at radius 3 is 3.24 bits per heavy atom. The number of aliphatic hydroxyl groups is 1. The van der Waals surface area contributed by atoms with Crippen molar-refractivity contribution in [3.8, 4) is 0 Å². The summed E-state index contributed by atoms with van der Waals surface area (Å²) < 4.78 is 13.1. The van der Waals surface area contributed by atoms with E-state index in [1.807, 2.05) is 11.4 Å². The second-order valence-corrected chi connectivity index (χ2v) is 6.25. The fourth-order valence-electron chi connectivity index (χ4n) is 2.94. The SMILES string of the molecule is O[C@H]1[C@H](NCc2cccs2)[C@H]2CO[C@H](O2)[C@@H]1n1cncn1. The number of hydrogen-bond donors (Lipinski definition) is 2. The van der Waals surface area contributed by atoms with Gasteiger partial charge in [0.05, 0.1) is 18.8 Å². The number of nitrogens with one attached hydrogen (secondary N) is 1. The Morgan fingerprint density at radius 1 is 1.52 bits per heavy atom. The predicted octanol–water partition coefficient (Wildman–Crippen LogP) is 0.155. The zero-order valence-electron chi connectivity index (χ0n) is 11.2. The van der Waals surface area contributed by atoms with Gasteiger partial charge in [0.15, 0.2) is 6.29 Å². The number of hydrogen-bond acceptors (Lipinski definition) is 7. The molecule has 21 heavy (non-hydrogen) atoms. The first-order valence-corrected chi connectivity index (χ1v) is 7.76. The first-order valence-electron chi connectivity index (χ1n) is 6.88. The van der Waals surface area contributed by atoms with Gasteiger partial charge in [-0.05, 0) is 11.4 Å². The monoisotopic (exact) mass is 308 g/mol. The number of rotatable bonds is 4. The molecular weight excluding hydrogens is 292 g/mol. The summed E-state index contributed by atoms with van der Waals surface area (Å²) in [5.74, 6) is 0. The lowest BCUT2D eigenvalue weighted by molar-refractivity contribution is -0.168. The Morgan fingerprint density at radius 2 is 2.48 bits per heavy atom. The highest BCUT2D eigenvalue weighted by molar-refractivity contribution is 7.09. The van der Waals surface area contributed by atoms with Crippen LogP contribution in [0.1, 0.15) is 10.9 Å². The highest BCUT2D eigenvalue weighted by Gasteiger charge is 2.51. The zero-order chi connectivity index (χ0) is 14.2. The van der Waals surface area contributed by atoms with Crippen molar-refractivity contribution >= 4 is 11.3 Å². The van der Waals surface area contributed by atoms with Crippen LogP contribution < -0.4 is 5.32 Å². The summed E-state index contributed by atoms with van der Waals surface area (Å²) in [6, 6.07) is 3.51. The average Bonchev–Trinajstić information content (AvgIpc) is 3.20.